The number of carbonyl (C=O) groups is 3. The molecule has 2 aromatic carbocycles. The van der Waals surface area contributed by atoms with Gasteiger partial charge in [-0.25, -0.2) is 26.6 Å². The second-order valence-electron chi connectivity index (χ2n) is 16.1. The Balaban J connectivity index is 0.000000218. The number of piperidine rings is 1. The highest BCUT2D eigenvalue weighted by atomic mass is 35.5. The van der Waals surface area contributed by atoms with E-state index in [1.54, 1.807) is 106 Å². The number of nitrogens with one attached hydrogen (secondary N) is 3. The van der Waals surface area contributed by atoms with E-state index >= 15 is 0 Å². The van der Waals surface area contributed by atoms with E-state index in [4.69, 9.17) is 33.2 Å². The largest absolute Gasteiger partial charge is 0.444 e. The Morgan fingerprint density at radius 1 is 0.712 bits per heavy atom. The van der Waals surface area contributed by atoms with Gasteiger partial charge in [0.15, 0.2) is 0 Å². The summed E-state index contributed by atoms with van der Waals surface area (Å²) in [5, 5.41) is 18.4. The van der Waals surface area contributed by atoms with Crippen LogP contribution >= 0.6 is 45.9 Å². The summed E-state index contributed by atoms with van der Waals surface area (Å²) in [6, 6.07) is 25.0. The number of sulfonamides is 2. The predicted octanol–water partition coefficient (Wildman–Crippen LogP) is 7.12. The molecule has 0 radical (unpaired) electrons. The maximum atomic E-state index is 13.1. The number of carbonyl (C=O) groups excluding carboxylic acids is 3. The maximum absolute atomic E-state index is 13.1. The Bertz CT molecular complexity index is 2740. The van der Waals surface area contributed by atoms with Gasteiger partial charge in [-0.3, -0.25) is 9.59 Å². The molecule has 0 atom stereocenters. The first-order valence-electron chi connectivity index (χ1n) is 20.7. The molecule has 22 heteroatoms. The van der Waals surface area contributed by atoms with Crippen molar-refractivity contribution < 1.29 is 36.0 Å². The number of benzene rings is 2. The highest BCUT2D eigenvalue weighted by Crippen LogP contribution is 2.29. The number of hydrogen-bond acceptors (Lipinski definition) is 13. The van der Waals surface area contributed by atoms with E-state index in [1.807, 2.05) is 11.0 Å². The lowest BCUT2D eigenvalue weighted by atomic mass is 10.1. The number of amides is 3. The van der Waals surface area contributed by atoms with Gasteiger partial charge in [-0.2, -0.15) is 13.9 Å². The number of alkyl carbamates (subject to hydrolysis) is 1. The van der Waals surface area contributed by atoms with Crippen LogP contribution in [0.25, 0.3) is 0 Å². The average Bonchev–Trinajstić information content (AvgIpc) is 3.99. The topological polar surface area (TPSA) is 211 Å². The van der Waals surface area contributed by atoms with Gasteiger partial charge in [-0.15, -0.1) is 22.7 Å². The molecule has 2 aliphatic rings. The van der Waals surface area contributed by atoms with Crippen molar-refractivity contribution in [3.63, 3.8) is 0 Å². The van der Waals surface area contributed by atoms with Crippen molar-refractivity contribution >= 4 is 89.6 Å². The molecule has 350 valence electrons. The number of rotatable bonds is 12. The van der Waals surface area contributed by atoms with Crippen LogP contribution in [-0.2, 0) is 37.9 Å². The monoisotopic (exact) mass is 1010 g/mol. The quantitative estimate of drug-likeness (QED) is 0.115. The first kappa shape index (κ1) is 50.3. The zero-order valence-electron chi connectivity index (χ0n) is 36.2. The molecule has 7 rings (SSSR count). The van der Waals surface area contributed by atoms with Crippen molar-refractivity contribution in [1.29, 1.82) is 5.26 Å². The van der Waals surface area contributed by atoms with Gasteiger partial charge in [0.2, 0.25) is 0 Å². The van der Waals surface area contributed by atoms with E-state index < -0.39 is 31.7 Å². The molecular formula is C44H48Cl2N8O8S4. The van der Waals surface area contributed by atoms with E-state index in [-0.39, 0.29) is 39.4 Å². The average molecular weight is 1020 g/mol. The Labute approximate surface area is 402 Å². The Morgan fingerprint density at radius 3 is 1.61 bits per heavy atom. The first-order chi connectivity index (χ1) is 31.3. The van der Waals surface area contributed by atoms with E-state index in [0.29, 0.717) is 78.8 Å². The van der Waals surface area contributed by atoms with Gasteiger partial charge in [-0.1, -0.05) is 23.2 Å². The molecular weight excluding hydrogens is 968 g/mol. The fraction of sp³-hybridized carbons (Fsp3) is 0.341. The van der Waals surface area contributed by atoms with Crippen LogP contribution in [0, 0.1) is 11.3 Å². The number of pyridine rings is 1. The lowest BCUT2D eigenvalue weighted by Gasteiger charge is -2.34. The van der Waals surface area contributed by atoms with Crippen LogP contribution in [0.4, 0.5) is 10.6 Å². The molecule has 0 saturated carbocycles. The van der Waals surface area contributed by atoms with Crippen LogP contribution in [0.5, 0.6) is 0 Å². The molecule has 5 heterocycles. The second-order valence-corrected chi connectivity index (χ2v) is 23.6. The molecule has 2 fully saturated rings. The van der Waals surface area contributed by atoms with Gasteiger partial charge in [0.05, 0.1) is 18.7 Å². The molecule has 0 aliphatic carbocycles. The second kappa shape index (κ2) is 22.1. The Morgan fingerprint density at radius 2 is 1.18 bits per heavy atom. The number of nitrogens with zero attached hydrogens (tertiary/aromatic N) is 5. The minimum absolute atomic E-state index is 0.131. The van der Waals surface area contributed by atoms with Gasteiger partial charge in [0, 0.05) is 82.4 Å². The van der Waals surface area contributed by atoms with Gasteiger partial charge in [0.25, 0.3) is 31.9 Å². The number of thiophene rings is 2. The van der Waals surface area contributed by atoms with Crippen molar-refractivity contribution in [2.24, 2.45) is 0 Å². The zero-order valence-corrected chi connectivity index (χ0v) is 41.0. The van der Waals surface area contributed by atoms with Crippen LogP contribution < -0.4 is 20.9 Å². The zero-order chi connectivity index (χ0) is 47.6. The molecule has 66 heavy (non-hydrogen) atoms. The number of piperazine rings is 1. The number of aromatic nitrogens is 1. The minimum atomic E-state index is -3.64. The lowest BCUT2D eigenvalue weighted by molar-refractivity contribution is 0.0489. The molecule has 3 aromatic heterocycles. The number of halogens is 2. The molecule has 2 saturated heterocycles. The van der Waals surface area contributed by atoms with Crippen molar-refractivity contribution in [1.82, 2.24) is 29.5 Å². The fourth-order valence-electron chi connectivity index (χ4n) is 6.69. The lowest BCUT2D eigenvalue weighted by Crippen LogP contribution is -2.48. The summed E-state index contributed by atoms with van der Waals surface area (Å²) >= 11 is 14.0. The minimum Gasteiger partial charge on any atom is -0.444 e. The summed E-state index contributed by atoms with van der Waals surface area (Å²) in [4.78, 5) is 44.2. The van der Waals surface area contributed by atoms with Gasteiger partial charge in [-0.05, 0) is 119 Å². The molecule has 2 aliphatic heterocycles. The van der Waals surface area contributed by atoms with Crippen LogP contribution in [0.15, 0.2) is 99.5 Å². The summed E-state index contributed by atoms with van der Waals surface area (Å²) in [7, 11) is -7.26. The maximum Gasteiger partial charge on any atom is 0.407 e. The third-order valence-electron chi connectivity index (χ3n) is 10.1. The van der Waals surface area contributed by atoms with Crippen LogP contribution in [0.2, 0.25) is 10.0 Å². The highest BCUT2D eigenvalue weighted by molar-refractivity contribution is 7.91. The highest BCUT2D eigenvalue weighted by Gasteiger charge is 2.33. The molecule has 0 bridgehead atoms. The van der Waals surface area contributed by atoms with Crippen molar-refractivity contribution in [2.75, 3.05) is 44.2 Å². The van der Waals surface area contributed by atoms with Crippen molar-refractivity contribution in [2.45, 2.75) is 66.8 Å². The standard InChI is InChI=1S/C22H20ClN5O3S2.C22H28ClN3O5S2/c23-18-4-2-17(3-5-18)22(29)26-15-19-6-8-21(32-19)33(30,31)28-11-9-27(10-12-28)20-7-1-16(13-24)14-25-20;1-22(2,3)31-21(28)25-17-10-12-26(13-11-17)33(29,30)19-9-8-18(32-19)14-24-20(27)15-4-6-16(23)7-5-15/h1-8,14H,9-12,15H2,(H,26,29);4-9,17H,10-14H2,1-3H3,(H,24,27)(H,25,28). The van der Waals surface area contributed by atoms with E-state index in [1.165, 1.54) is 14.8 Å². The summed E-state index contributed by atoms with van der Waals surface area (Å²) in [6.07, 6.45) is 2.03. The first-order valence-corrected chi connectivity index (χ1v) is 25.9. The number of hydrogen-bond donors (Lipinski definition) is 3. The van der Waals surface area contributed by atoms with Gasteiger partial charge >= 0.3 is 6.09 Å². The van der Waals surface area contributed by atoms with E-state index in [9.17, 15) is 31.2 Å². The Kier molecular flexibility index (Phi) is 16.9. The Hall–Kier alpha value is -5.11. The molecule has 0 unspecified atom stereocenters. The van der Waals surface area contributed by atoms with Gasteiger partial charge in [0.1, 0.15) is 25.9 Å². The normalized spacial score (nSPS) is 15.2. The van der Waals surface area contributed by atoms with E-state index in [0.717, 1.165) is 38.2 Å². The third-order valence-corrected chi connectivity index (χ3v) is 17.5. The number of anilines is 1. The van der Waals surface area contributed by atoms with Crippen molar-refractivity contribution in [3.8, 4) is 6.07 Å². The smallest absolute Gasteiger partial charge is 0.407 e. The van der Waals surface area contributed by atoms with E-state index in [2.05, 4.69) is 20.9 Å². The predicted molar refractivity (Wildman–Crippen MR) is 255 cm³/mol. The van der Waals surface area contributed by atoms with Crippen molar-refractivity contribution in [3.05, 3.63) is 128 Å². The molecule has 3 N–H and O–H groups in total. The molecule has 16 nitrogen and oxygen atoms in total. The number of nitriles is 1. The van der Waals surface area contributed by atoms with Crippen LogP contribution in [0.3, 0.4) is 0 Å². The van der Waals surface area contributed by atoms with Gasteiger partial charge < -0.3 is 25.6 Å². The fourth-order valence-corrected chi connectivity index (χ4v) is 12.7. The molecule has 3 amide bonds. The number of ether oxygens (including phenoxy) is 1. The summed E-state index contributed by atoms with van der Waals surface area (Å²) < 4.78 is 60.9. The summed E-state index contributed by atoms with van der Waals surface area (Å²) in [5.74, 6) is 0.210. The molecule has 0 spiro atoms. The molecule has 5 aromatic rings. The van der Waals surface area contributed by atoms with Crippen LogP contribution in [-0.4, -0.2) is 99.2 Å². The van der Waals surface area contributed by atoms with Crippen LogP contribution in [0.1, 0.15) is 69.6 Å². The summed E-state index contributed by atoms with van der Waals surface area (Å²) in [6.45, 7) is 8.15. The SMILES string of the molecule is CC(C)(C)OC(=O)NC1CCN(S(=O)(=O)c2ccc(CNC(=O)c3ccc(Cl)cc3)s2)CC1.N#Cc1ccc(N2CCN(S(=O)(=O)c3ccc(CNC(=O)c4ccc(Cl)cc4)s3)CC2)nc1. The third kappa shape index (κ3) is 13.7. The summed E-state index contributed by atoms with van der Waals surface area (Å²) in [5.41, 5.74) is 0.863.